The van der Waals surface area contributed by atoms with Gasteiger partial charge in [-0.1, -0.05) is 23.7 Å². The molecule has 8 nitrogen and oxygen atoms in total. The molecule has 192 valence electrons. The van der Waals surface area contributed by atoms with E-state index in [4.69, 9.17) is 25.8 Å². The lowest BCUT2D eigenvalue weighted by atomic mass is 10.1. The Morgan fingerprint density at radius 1 is 0.972 bits per heavy atom. The van der Waals surface area contributed by atoms with Crippen LogP contribution in [0, 0.1) is 0 Å². The number of rotatable bonds is 11. The summed E-state index contributed by atoms with van der Waals surface area (Å²) in [5, 5.41) is 3.31. The fraction of sp³-hybridized carbons (Fsp3) is 0.269. The fourth-order valence-electron chi connectivity index (χ4n) is 3.55. The van der Waals surface area contributed by atoms with Crippen LogP contribution in [-0.2, 0) is 14.8 Å². The Morgan fingerprint density at radius 2 is 1.61 bits per heavy atom. The number of benzene rings is 3. The number of hydrogen-bond acceptors (Lipinski definition) is 6. The molecular formula is C26H29ClN2O6S. The van der Waals surface area contributed by atoms with Gasteiger partial charge in [0.25, 0.3) is 10.0 Å². The molecule has 3 rings (SSSR count). The quantitative estimate of drug-likeness (QED) is 0.380. The highest BCUT2D eigenvalue weighted by Crippen LogP contribution is 2.32. The Morgan fingerprint density at radius 3 is 2.19 bits per heavy atom. The molecule has 1 atom stereocenters. The van der Waals surface area contributed by atoms with Crippen molar-refractivity contribution in [2.24, 2.45) is 0 Å². The molecule has 0 aliphatic heterocycles. The predicted molar refractivity (Wildman–Crippen MR) is 140 cm³/mol. The van der Waals surface area contributed by atoms with E-state index in [-0.39, 0.29) is 22.4 Å². The fourth-order valence-corrected chi connectivity index (χ4v) is 5.11. The zero-order valence-electron chi connectivity index (χ0n) is 20.5. The topological polar surface area (TPSA) is 94.2 Å². The first-order valence-electron chi connectivity index (χ1n) is 11.2. The zero-order valence-corrected chi connectivity index (χ0v) is 22.1. The van der Waals surface area contributed by atoms with Crippen molar-refractivity contribution in [3.8, 4) is 17.2 Å². The van der Waals surface area contributed by atoms with Crippen LogP contribution in [0.5, 0.6) is 17.2 Å². The number of amides is 1. The van der Waals surface area contributed by atoms with Crippen LogP contribution in [0.3, 0.4) is 0 Å². The van der Waals surface area contributed by atoms with Crippen LogP contribution in [0.2, 0.25) is 5.02 Å². The maximum absolute atomic E-state index is 13.7. The summed E-state index contributed by atoms with van der Waals surface area (Å²) in [4.78, 5) is 13.0. The number of anilines is 1. The second kappa shape index (κ2) is 12.0. The standard InChI is InChI=1S/C26H29ClN2O6S/c1-5-35-22-12-6-19(7-13-22)18(2)28-26(30)17-29(21-10-8-20(27)9-11-21)36(31,32)23-14-15-24(33-3)25(16-23)34-4/h6-16,18H,5,17H2,1-4H3,(H,28,30)/t18-/m1/s1. The van der Waals surface area contributed by atoms with E-state index in [1.165, 1.54) is 32.4 Å². The second-order valence-corrected chi connectivity index (χ2v) is 10.1. The van der Waals surface area contributed by atoms with Crippen LogP contribution in [0.15, 0.2) is 71.6 Å². The molecular weight excluding hydrogens is 504 g/mol. The number of nitrogens with one attached hydrogen (secondary N) is 1. The summed E-state index contributed by atoms with van der Waals surface area (Å²) in [7, 11) is -1.28. The lowest BCUT2D eigenvalue weighted by Crippen LogP contribution is -2.41. The number of sulfonamides is 1. The molecule has 1 N–H and O–H groups in total. The van der Waals surface area contributed by atoms with Gasteiger partial charge in [-0.05, 0) is 67.9 Å². The molecule has 0 heterocycles. The Balaban J connectivity index is 1.88. The van der Waals surface area contributed by atoms with E-state index in [1.807, 2.05) is 38.1 Å². The van der Waals surface area contributed by atoms with Gasteiger partial charge in [0.05, 0.1) is 37.5 Å². The maximum Gasteiger partial charge on any atom is 0.264 e. The average Bonchev–Trinajstić information content (AvgIpc) is 2.88. The minimum absolute atomic E-state index is 0.0533. The molecule has 0 aromatic heterocycles. The molecule has 0 radical (unpaired) electrons. The van der Waals surface area contributed by atoms with Crippen molar-refractivity contribution in [3.05, 3.63) is 77.3 Å². The second-order valence-electron chi connectivity index (χ2n) is 7.80. The maximum atomic E-state index is 13.7. The molecule has 1 amide bonds. The monoisotopic (exact) mass is 532 g/mol. The lowest BCUT2D eigenvalue weighted by Gasteiger charge is -2.25. The van der Waals surface area contributed by atoms with Crippen LogP contribution in [-0.4, -0.2) is 41.7 Å². The molecule has 0 bridgehead atoms. The van der Waals surface area contributed by atoms with E-state index in [2.05, 4.69) is 5.32 Å². The SMILES string of the molecule is CCOc1ccc([C@@H](C)NC(=O)CN(c2ccc(Cl)cc2)S(=O)(=O)c2ccc(OC)c(OC)c2)cc1. The Kier molecular flexibility index (Phi) is 9.06. The van der Waals surface area contributed by atoms with Crippen LogP contribution < -0.4 is 23.8 Å². The first kappa shape index (κ1) is 27.2. The summed E-state index contributed by atoms with van der Waals surface area (Å²) >= 11 is 6.01. The van der Waals surface area contributed by atoms with Crippen molar-refractivity contribution in [2.45, 2.75) is 24.8 Å². The van der Waals surface area contributed by atoms with Crippen LogP contribution in [0.1, 0.15) is 25.5 Å². The summed E-state index contributed by atoms with van der Waals surface area (Å²) < 4.78 is 44.3. The summed E-state index contributed by atoms with van der Waals surface area (Å²) in [5.74, 6) is 0.893. The van der Waals surface area contributed by atoms with Crippen LogP contribution in [0.25, 0.3) is 0 Å². The van der Waals surface area contributed by atoms with Gasteiger partial charge in [0.1, 0.15) is 12.3 Å². The third-order valence-electron chi connectivity index (χ3n) is 5.41. The third-order valence-corrected chi connectivity index (χ3v) is 7.44. The normalized spacial score (nSPS) is 11.9. The van der Waals surface area contributed by atoms with Gasteiger partial charge in [0.15, 0.2) is 11.5 Å². The van der Waals surface area contributed by atoms with Crippen molar-refractivity contribution in [3.63, 3.8) is 0 Å². The number of nitrogens with zero attached hydrogens (tertiary/aromatic N) is 1. The predicted octanol–water partition coefficient (Wildman–Crippen LogP) is 4.83. The molecule has 3 aromatic rings. The van der Waals surface area contributed by atoms with Gasteiger partial charge in [-0.25, -0.2) is 8.42 Å². The Labute approximate surface area is 216 Å². The van der Waals surface area contributed by atoms with Crippen molar-refractivity contribution in [1.29, 1.82) is 0 Å². The number of halogens is 1. The molecule has 0 saturated heterocycles. The molecule has 0 saturated carbocycles. The van der Waals surface area contributed by atoms with Gasteiger partial charge < -0.3 is 19.5 Å². The van der Waals surface area contributed by atoms with Crippen molar-refractivity contribution >= 4 is 33.2 Å². The Bertz CT molecular complexity index is 1280. The van der Waals surface area contributed by atoms with Crippen molar-refractivity contribution in [1.82, 2.24) is 5.32 Å². The van der Waals surface area contributed by atoms with Gasteiger partial charge in [0.2, 0.25) is 5.91 Å². The van der Waals surface area contributed by atoms with Crippen LogP contribution >= 0.6 is 11.6 Å². The van der Waals surface area contributed by atoms with Crippen molar-refractivity contribution in [2.75, 3.05) is 31.7 Å². The minimum Gasteiger partial charge on any atom is -0.494 e. The van der Waals surface area contributed by atoms with Gasteiger partial charge in [-0.2, -0.15) is 0 Å². The molecule has 3 aromatic carbocycles. The highest BCUT2D eigenvalue weighted by molar-refractivity contribution is 7.92. The minimum atomic E-state index is -4.15. The van der Waals surface area contributed by atoms with E-state index >= 15 is 0 Å². The Hall–Kier alpha value is -3.43. The lowest BCUT2D eigenvalue weighted by molar-refractivity contribution is -0.120. The molecule has 0 aliphatic rings. The largest absolute Gasteiger partial charge is 0.494 e. The molecule has 36 heavy (non-hydrogen) atoms. The van der Waals surface area contributed by atoms with Gasteiger partial charge in [-0.15, -0.1) is 0 Å². The van der Waals surface area contributed by atoms with Crippen LogP contribution in [0.4, 0.5) is 5.69 Å². The van der Waals surface area contributed by atoms with Gasteiger partial charge >= 0.3 is 0 Å². The number of carbonyl (C=O) groups is 1. The zero-order chi connectivity index (χ0) is 26.3. The van der Waals surface area contributed by atoms with E-state index in [9.17, 15) is 13.2 Å². The summed E-state index contributed by atoms with van der Waals surface area (Å²) in [5.41, 5.74) is 1.14. The first-order chi connectivity index (χ1) is 17.2. The smallest absolute Gasteiger partial charge is 0.264 e. The third kappa shape index (κ3) is 6.41. The van der Waals surface area contributed by atoms with E-state index < -0.39 is 22.5 Å². The van der Waals surface area contributed by atoms with E-state index in [0.717, 1.165) is 15.6 Å². The molecule has 0 fully saturated rings. The van der Waals surface area contributed by atoms with Gasteiger partial charge in [-0.3, -0.25) is 9.10 Å². The summed E-state index contributed by atoms with van der Waals surface area (Å²) in [6.07, 6.45) is 0. The molecule has 0 spiro atoms. The highest BCUT2D eigenvalue weighted by atomic mass is 35.5. The number of hydrogen-bond donors (Lipinski definition) is 1. The summed E-state index contributed by atoms with van der Waals surface area (Å²) in [6.45, 7) is 3.84. The number of ether oxygens (including phenoxy) is 3. The van der Waals surface area contributed by atoms with Crippen molar-refractivity contribution < 1.29 is 27.4 Å². The van der Waals surface area contributed by atoms with E-state index in [0.29, 0.717) is 17.4 Å². The van der Waals surface area contributed by atoms with E-state index in [1.54, 1.807) is 24.3 Å². The molecule has 0 unspecified atom stereocenters. The number of methoxy groups -OCH3 is 2. The average molecular weight is 533 g/mol. The molecule has 10 heteroatoms. The summed E-state index contributed by atoms with van der Waals surface area (Å²) in [6, 6.07) is 17.5. The highest BCUT2D eigenvalue weighted by Gasteiger charge is 2.29. The molecule has 0 aliphatic carbocycles. The first-order valence-corrected chi connectivity index (χ1v) is 13.0. The number of carbonyl (C=O) groups excluding carboxylic acids is 1. The van der Waals surface area contributed by atoms with Gasteiger partial charge in [0, 0.05) is 11.1 Å².